The summed E-state index contributed by atoms with van der Waals surface area (Å²) in [5.74, 6) is 0.177. The van der Waals surface area contributed by atoms with Crippen molar-refractivity contribution in [3.63, 3.8) is 0 Å². The number of hydrogen-bond acceptors (Lipinski definition) is 6. The van der Waals surface area contributed by atoms with Crippen LogP contribution in [-0.4, -0.2) is 76.9 Å². The number of rotatable bonds is 5. The molecule has 0 saturated carbocycles. The quantitative estimate of drug-likeness (QED) is 0.866. The number of likely N-dealkylation sites (tertiary alicyclic amines) is 1. The van der Waals surface area contributed by atoms with Crippen LogP contribution in [0.4, 0.5) is 5.13 Å². The van der Waals surface area contributed by atoms with Crippen LogP contribution in [0.15, 0.2) is 5.38 Å². The van der Waals surface area contributed by atoms with Gasteiger partial charge < -0.3 is 15.1 Å². The molecule has 0 aliphatic carbocycles. The molecule has 1 aromatic heterocycles. The molecular weight excluding hydrogens is 334 g/mol. The average molecular weight is 366 g/mol. The van der Waals surface area contributed by atoms with Crippen molar-refractivity contribution in [2.45, 2.75) is 58.3 Å². The maximum Gasteiger partial charge on any atom is 0.219 e. The van der Waals surface area contributed by atoms with Crippen molar-refractivity contribution in [3.05, 3.63) is 11.1 Å². The predicted molar refractivity (Wildman–Crippen MR) is 103 cm³/mol. The third-order valence-electron chi connectivity index (χ3n) is 5.60. The second-order valence-electron chi connectivity index (χ2n) is 7.60. The zero-order chi connectivity index (χ0) is 18.0. The van der Waals surface area contributed by atoms with Crippen molar-refractivity contribution >= 4 is 22.4 Å². The molecule has 7 heteroatoms. The Labute approximate surface area is 155 Å². The van der Waals surface area contributed by atoms with Crippen LogP contribution < -0.4 is 5.32 Å². The maximum atomic E-state index is 11.7. The Morgan fingerprint density at radius 3 is 2.84 bits per heavy atom. The van der Waals surface area contributed by atoms with Gasteiger partial charge in [-0.1, -0.05) is 0 Å². The fraction of sp³-hybridized carbons (Fsp3) is 0.778. The van der Waals surface area contributed by atoms with Crippen LogP contribution >= 0.6 is 11.3 Å². The second kappa shape index (κ2) is 8.01. The van der Waals surface area contributed by atoms with Crippen LogP contribution in [0, 0.1) is 0 Å². The number of piperazine rings is 1. The molecule has 0 bridgehead atoms. The van der Waals surface area contributed by atoms with Crippen LogP contribution in [0.3, 0.4) is 0 Å². The molecule has 2 saturated heterocycles. The highest BCUT2D eigenvalue weighted by Crippen LogP contribution is 2.22. The van der Waals surface area contributed by atoms with Crippen molar-refractivity contribution < 1.29 is 4.79 Å². The smallest absolute Gasteiger partial charge is 0.219 e. The fourth-order valence-corrected chi connectivity index (χ4v) is 4.68. The highest BCUT2D eigenvalue weighted by atomic mass is 32.1. The molecule has 3 atom stereocenters. The lowest BCUT2D eigenvalue weighted by atomic mass is 10.1. The number of nitrogens with one attached hydrogen (secondary N) is 1. The van der Waals surface area contributed by atoms with Gasteiger partial charge in [0.2, 0.25) is 5.91 Å². The normalized spacial score (nSPS) is 28.5. The Morgan fingerprint density at radius 1 is 1.36 bits per heavy atom. The molecule has 2 fully saturated rings. The molecule has 1 aromatic rings. The van der Waals surface area contributed by atoms with E-state index in [1.807, 2.05) is 4.90 Å². The van der Waals surface area contributed by atoms with Gasteiger partial charge in [-0.05, 0) is 40.3 Å². The summed E-state index contributed by atoms with van der Waals surface area (Å²) >= 11 is 1.70. The van der Waals surface area contributed by atoms with Crippen molar-refractivity contribution in [2.24, 2.45) is 0 Å². The van der Waals surface area contributed by atoms with Gasteiger partial charge in [0.05, 0.1) is 5.69 Å². The molecule has 2 aliphatic heterocycles. The minimum absolute atomic E-state index is 0.177. The summed E-state index contributed by atoms with van der Waals surface area (Å²) in [4.78, 5) is 23.3. The number of carbonyl (C=O) groups is 1. The highest BCUT2D eigenvalue weighted by Gasteiger charge is 2.30. The minimum Gasteiger partial charge on any atom is -0.360 e. The first kappa shape index (κ1) is 18.6. The van der Waals surface area contributed by atoms with Gasteiger partial charge in [-0.2, -0.15) is 0 Å². The zero-order valence-corrected chi connectivity index (χ0v) is 16.7. The molecule has 3 heterocycles. The van der Waals surface area contributed by atoms with Crippen molar-refractivity contribution in [3.8, 4) is 0 Å². The Bertz CT molecular complexity index is 592. The van der Waals surface area contributed by atoms with E-state index in [-0.39, 0.29) is 11.9 Å². The van der Waals surface area contributed by atoms with Crippen LogP contribution in [0.1, 0.15) is 39.3 Å². The summed E-state index contributed by atoms with van der Waals surface area (Å²) < 4.78 is 0. The molecule has 0 aromatic carbocycles. The van der Waals surface area contributed by atoms with E-state index in [0.29, 0.717) is 12.1 Å². The van der Waals surface area contributed by atoms with E-state index in [0.717, 1.165) is 37.0 Å². The number of thiazole rings is 1. The molecule has 6 nitrogen and oxygen atoms in total. The topological polar surface area (TPSA) is 51.7 Å². The summed E-state index contributed by atoms with van der Waals surface area (Å²) in [6.45, 7) is 10.8. The summed E-state index contributed by atoms with van der Waals surface area (Å²) in [6.07, 6.45) is 2.58. The van der Waals surface area contributed by atoms with Crippen LogP contribution in [0.25, 0.3) is 0 Å². The van der Waals surface area contributed by atoms with E-state index < -0.39 is 0 Å². The summed E-state index contributed by atoms with van der Waals surface area (Å²) in [6, 6.07) is 1.26. The van der Waals surface area contributed by atoms with Crippen LogP contribution in [0.2, 0.25) is 0 Å². The number of carbonyl (C=O) groups excluding carboxylic acids is 1. The van der Waals surface area contributed by atoms with Crippen molar-refractivity contribution in [2.75, 3.05) is 38.5 Å². The standard InChI is InChI=1S/C18H31N5OS/c1-13-10-23(15(3)24)14(2)9-22(13)11-16-12-25-18(20-16)19-8-17-6-5-7-21(17)4/h12-14,17H,5-11H2,1-4H3,(H,19,20)/t13-,14-,17-/m0/s1. The van der Waals surface area contributed by atoms with E-state index in [9.17, 15) is 4.79 Å². The molecular formula is C18H31N5OS. The fourth-order valence-electron chi connectivity index (χ4n) is 3.97. The van der Waals surface area contributed by atoms with E-state index >= 15 is 0 Å². The minimum atomic E-state index is 0.177. The first-order valence-corrected chi connectivity index (χ1v) is 10.2. The van der Waals surface area contributed by atoms with Gasteiger partial charge in [-0.15, -0.1) is 11.3 Å². The molecule has 140 valence electrons. The van der Waals surface area contributed by atoms with Crippen molar-refractivity contribution in [1.82, 2.24) is 19.7 Å². The number of likely N-dealkylation sites (N-methyl/N-ethyl adjacent to an activating group) is 1. The number of anilines is 1. The van der Waals surface area contributed by atoms with E-state index in [2.05, 4.69) is 41.4 Å². The molecule has 1 N–H and O–H groups in total. The lowest BCUT2D eigenvalue weighted by Gasteiger charge is -2.43. The molecule has 0 radical (unpaired) electrons. The highest BCUT2D eigenvalue weighted by molar-refractivity contribution is 7.13. The predicted octanol–water partition coefficient (Wildman–Crippen LogP) is 2.09. The van der Waals surface area contributed by atoms with E-state index in [1.165, 1.54) is 19.4 Å². The summed E-state index contributed by atoms with van der Waals surface area (Å²) in [5, 5.41) is 6.70. The number of nitrogens with zero attached hydrogens (tertiary/aromatic N) is 4. The first-order chi connectivity index (χ1) is 11.9. The zero-order valence-electron chi connectivity index (χ0n) is 15.9. The number of aromatic nitrogens is 1. The molecule has 0 unspecified atom stereocenters. The lowest BCUT2D eigenvalue weighted by Crippen LogP contribution is -2.57. The molecule has 25 heavy (non-hydrogen) atoms. The summed E-state index contributed by atoms with van der Waals surface area (Å²) in [7, 11) is 2.20. The second-order valence-corrected chi connectivity index (χ2v) is 8.46. The Kier molecular flexibility index (Phi) is 5.96. The van der Waals surface area contributed by atoms with Gasteiger partial charge in [0.25, 0.3) is 0 Å². The third kappa shape index (κ3) is 4.51. The lowest BCUT2D eigenvalue weighted by molar-refractivity contribution is -0.134. The molecule has 3 rings (SSSR count). The largest absolute Gasteiger partial charge is 0.360 e. The van der Waals surface area contributed by atoms with E-state index in [1.54, 1.807) is 18.3 Å². The number of hydrogen-bond donors (Lipinski definition) is 1. The Balaban J connectivity index is 1.52. The Morgan fingerprint density at radius 2 is 2.16 bits per heavy atom. The van der Waals surface area contributed by atoms with E-state index in [4.69, 9.17) is 4.98 Å². The third-order valence-corrected chi connectivity index (χ3v) is 6.45. The SMILES string of the molecule is CC(=O)N1C[C@H](C)N(Cc2csc(NC[C@@H]3CCCN3C)n2)C[C@@H]1C. The molecule has 0 spiro atoms. The molecule has 2 aliphatic rings. The van der Waals surface area contributed by atoms with Gasteiger partial charge >= 0.3 is 0 Å². The van der Waals surface area contributed by atoms with Gasteiger partial charge in [0.15, 0.2) is 5.13 Å². The summed E-state index contributed by atoms with van der Waals surface area (Å²) in [5.41, 5.74) is 1.13. The average Bonchev–Trinajstić information content (AvgIpc) is 3.17. The molecule has 1 amide bonds. The van der Waals surface area contributed by atoms with Gasteiger partial charge in [0, 0.05) is 56.6 Å². The maximum absolute atomic E-state index is 11.7. The van der Waals surface area contributed by atoms with Gasteiger partial charge in [-0.25, -0.2) is 4.98 Å². The first-order valence-electron chi connectivity index (χ1n) is 9.33. The van der Waals surface area contributed by atoms with Crippen molar-refractivity contribution in [1.29, 1.82) is 0 Å². The number of amides is 1. The Hall–Kier alpha value is -1.18. The van der Waals surface area contributed by atoms with Crippen LogP contribution in [-0.2, 0) is 11.3 Å². The van der Waals surface area contributed by atoms with Crippen LogP contribution in [0.5, 0.6) is 0 Å². The van der Waals surface area contributed by atoms with Gasteiger partial charge in [0.1, 0.15) is 0 Å². The monoisotopic (exact) mass is 365 g/mol. The van der Waals surface area contributed by atoms with Gasteiger partial charge in [-0.3, -0.25) is 9.69 Å².